The van der Waals surface area contributed by atoms with Crippen LogP contribution in [0, 0.1) is 0 Å². The second kappa shape index (κ2) is 6.20. The summed E-state index contributed by atoms with van der Waals surface area (Å²) in [6, 6.07) is 5.75. The van der Waals surface area contributed by atoms with E-state index in [1.54, 1.807) is 0 Å². The van der Waals surface area contributed by atoms with Crippen LogP contribution >= 0.6 is 0 Å². The molecule has 0 radical (unpaired) electrons. The molecule has 1 aliphatic heterocycles. The van der Waals surface area contributed by atoms with Gasteiger partial charge in [0.25, 0.3) is 0 Å². The topological polar surface area (TPSA) is 47.6 Å². The summed E-state index contributed by atoms with van der Waals surface area (Å²) in [5, 5.41) is 3.09. The third-order valence-electron chi connectivity index (χ3n) is 2.88. The van der Waals surface area contributed by atoms with Crippen molar-refractivity contribution < 1.29 is 13.7 Å². The molecule has 0 bridgehead atoms. The molecule has 100 valence electrons. The summed E-state index contributed by atoms with van der Waals surface area (Å²) in [7, 11) is 0.856. The Balaban J connectivity index is 2.15. The van der Waals surface area contributed by atoms with Crippen LogP contribution in [0.4, 0.5) is 0 Å². The summed E-state index contributed by atoms with van der Waals surface area (Å²) in [5.74, 6) is 2.04. The van der Waals surface area contributed by atoms with Crippen molar-refractivity contribution in [2.24, 2.45) is 0 Å². The Morgan fingerprint density at radius 3 is 2.78 bits per heavy atom. The average molecular weight is 269 g/mol. The van der Waals surface area contributed by atoms with Crippen LogP contribution in [0.3, 0.4) is 0 Å². The van der Waals surface area contributed by atoms with Gasteiger partial charge in [0.05, 0.1) is 24.0 Å². The lowest BCUT2D eigenvalue weighted by Gasteiger charge is -2.12. The van der Waals surface area contributed by atoms with E-state index in [1.807, 2.05) is 32.2 Å². The first-order valence-electron chi connectivity index (χ1n) is 6.16. The van der Waals surface area contributed by atoms with Gasteiger partial charge in [-0.1, -0.05) is 0 Å². The number of benzene rings is 1. The lowest BCUT2D eigenvalue weighted by Crippen LogP contribution is -2.27. The van der Waals surface area contributed by atoms with Crippen molar-refractivity contribution in [3.05, 3.63) is 18.2 Å². The molecule has 1 heterocycles. The molecule has 2 unspecified atom stereocenters. The molecule has 1 aromatic carbocycles. The fraction of sp³-hybridized carbons (Fsp3) is 0.538. The minimum atomic E-state index is -1.02. The quantitative estimate of drug-likeness (QED) is 0.901. The maximum absolute atomic E-state index is 12.2. The predicted octanol–water partition coefficient (Wildman–Crippen LogP) is 1.56. The van der Waals surface area contributed by atoms with E-state index >= 15 is 0 Å². The molecule has 0 aromatic heterocycles. The molecular formula is C13H19NO3S. The Bertz CT molecular complexity index is 436. The molecule has 0 saturated heterocycles. The molecule has 0 spiro atoms. The second-order valence-electron chi connectivity index (χ2n) is 4.36. The van der Waals surface area contributed by atoms with E-state index in [0.29, 0.717) is 24.7 Å². The van der Waals surface area contributed by atoms with Crippen molar-refractivity contribution >= 4 is 10.8 Å². The molecular weight excluding hydrogens is 250 g/mol. The second-order valence-corrected chi connectivity index (χ2v) is 5.86. The van der Waals surface area contributed by atoms with Crippen molar-refractivity contribution in [2.45, 2.75) is 24.3 Å². The van der Waals surface area contributed by atoms with Gasteiger partial charge in [-0.15, -0.1) is 0 Å². The highest BCUT2D eigenvalue weighted by molar-refractivity contribution is 7.85. The van der Waals surface area contributed by atoms with Gasteiger partial charge in [-0.2, -0.15) is 0 Å². The highest BCUT2D eigenvalue weighted by Crippen LogP contribution is 2.31. The largest absolute Gasteiger partial charge is 0.490 e. The van der Waals surface area contributed by atoms with Gasteiger partial charge < -0.3 is 14.8 Å². The standard InChI is InChI=1S/C13H19NO3S/c1-10(14-2)9-18(15)11-4-5-12-13(8-11)17-7-3-6-16-12/h4-5,8,10,14H,3,6-7,9H2,1-2H3. The van der Waals surface area contributed by atoms with E-state index in [1.165, 1.54) is 0 Å². The maximum atomic E-state index is 12.2. The van der Waals surface area contributed by atoms with Crippen molar-refractivity contribution in [2.75, 3.05) is 26.0 Å². The monoisotopic (exact) mass is 269 g/mol. The lowest BCUT2D eigenvalue weighted by molar-refractivity contribution is 0.297. The molecule has 2 atom stereocenters. The summed E-state index contributed by atoms with van der Waals surface area (Å²) in [4.78, 5) is 0.793. The van der Waals surface area contributed by atoms with Gasteiger partial charge in [-0.25, -0.2) is 0 Å². The van der Waals surface area contributed by atoms with Gasteiger partial charge in [0, 0.05) is 29.2 Å². The van der Waals surface area contributed by atoms with Crippen molar-refractivity contribution in [1.29, 1.82) is 0 Å². The number of hydrogen-bond acceptors (Lipinski definition) is 4. The average Bonchev–Trinajstić information content (AvgIpc) is 2.62. The van der Waals surface area contributed by atoms with Crippen molar-refractivity contribution in [1.82, 2.24) is 5.32 Å². The molecule has 1 aromatic rings. The Hall–Kier alpha value is -1.07. The Morgan fingerprint density at radius 2 is 2.06 bits per heavy atom. The molecule has 0 amide bonds. The number of ether oxygens (including phenoxy) is 2. The highest BCUT2D eigenvalue weighted by Gasteiger charge is 2.14. The predicted molar refractivity (Wildman–Crippen MR) is 71.8 cm³/mol. The molecule has 2 rings (SSSR count). The molecule has 0 fully saturated rings. The van der Waals surface area contributed by atoms with Gasteiger partial charge in [-0.3, -0.25) is 4.21 Å². The first-order valence-corrected chi connectivity index (χ1v) is 7.48. The molecule has 18 heavy (non-hydrogen) atoms. The molecule has 1 aliphatic rings. The van der Waals surface area contributed by atoms with Crippen molar-refractivity contribution in [3.63, 3.8) is 0 Å². The van der Waals surface area contributed by atoms with E-state index in [4.69, 9.17) is 9.47 Å². The van der Waals surface area contributed by atoms with Gasteiger partial charge in [0.2, 0.25) is 0 Å². The van der Waals surface area contributed by atoms with Crippen LogP contribution in [0.15, 0.2) is 23.1 Å². The summed E-state index contributed by atoms with van der Waals surface area (Å²) in [5.41, 5.74) is 0. The van der Waals surface area contributed by atoms with Crippen LogP contribution in [0.5, 0.6) is 11.5 Å². The van der Waals surface area contributed by atoms with E-state index in [0.717, 1.165) is 17.1 Å². The zero-order valence-corrected chi connectivity index (χ0v) is 11.6. The maximum Gasteiger partial charge on any atom is 0.162 e. The minimum Gasteiger partial charge on any atom is -0.490 e. The fourth-order valence-electron chi connectivity index (χ4n) is 1.69. The van der Waals surface area contributed by atoms with Crippen LogP contribution < -0.4 is 14.8 Å². The Labute approximate surface area is 110 Å². The molecule has 5 heteroatoms. The lowest BCUT2D eigenvalue weighted by atomic mass is 10.3. The summed E-state index contributed by atoms with van der Waals surface area (Å²) < 4.78 is 23.3. The Kier molecular flexibility index (Phi) is 4.60. The van der Waals surface area contributed by atoms with Crippen LogP contribution in [0.1, 0.15) is 13.3 Å². The Morgan fingerprint density at radius 1 is 1.33 bits per heavy atom. The number of nitrogens with one attached hydrogen (secondary N) is 1. The first-order chi connectivity index (χ1) is 8.70. The smallest absolute Gasteiger partial charge is 0.162 e. The SMILES string of the molecule is CNC(C)CS(=O)c1ccc2c(c1)OCCCO2. The molecule has 0 aliphatic carbocycles. The third-order valence-corrected chi connectivity index (χ3v) is 4.46. The van der Waals surface area contributed by atoms with Gasteiger partial charge in [0.1, 0.15) is 0 Å². The van der Waals surface area contributed by atoms with Crippen LogP contribution in [-0.4, -0.2) is 36.3 Å². The molecule has 0 saturated carbocycles. The van der Waals surface area contributed by atoms with Gasteiger partial charge in [0.15, 0.2) is 11.5 Å². The van der Waals surface area contributed by atoms with Gasteiger partial charge in [-0.05, 0) is 26.1 Å². The van der Waals surface area contributed by atoms with E-state index in [9.17, 15) is 4.21 Å². The van der Waals surface area contributed by atoms with Crippen molar-refractivity contribution in [3.8, 4) is 11.5 Å². The molecule has 1 N–H and O–H groups in total. The number of rotatable bonds is 4. The van der Waals surface area contributed by atoms with Crippen LogP contribution in [0.25, 0.3) is 0 Å². The summed E-state index contributed by atoms with van der Waals surface area (Å²) in [6.45, 7) is 3.34. The fourth-order valence-corrected chi connectivity index (χ4v) is 2.96. The summed E-state index contributed by atoms with van der Waals surface area (Å²) in [6.07, 6.45) is 0.879. The minimum absolute atomic E-state index is 0.224. The number of fused-ring (bicyclic) bond motifs is 1. The number of hydrogen-bond donors (Lipinski definition) is 1. The first kappa shape index (κ1) is 13.4. The van der Waals surface area contributed by atoms with Gasteiger partial charge >= 0.3 is 0 Å². The highest BCUT2D eigenvalue weighted by atomic mass is 32.2. The normalized spacial score (nSPS) is 17.9. The van der Waals surface area contributed by atoms with E-state index in [-0.39, 0.29) is 6.04 Å². The third kappa shape index (κ3) is 3.23. The van der Waals surface area contributed by atoms with E-state index in [2.05, 4.69) is 5.32 Å². The van der Waals surface area contributed by atoms with Crippen LogP contribution in [0.2, 0.25) is 0 Å². The molecule has 4 nitrogen and oxygen atoms in total. The van der Waals surface area contributed by atoms with Crippen LogP contribution in [-0.2, 0) is 10.8 Å². The zero-order chi connectivity index (χ0) is 13.0. The summed E-state index contributed by atoms with van der Waals surface area (Å²) >= 11 is 0. The zero-order valence-electron chi connectivity index (χ0n) is 10.8. The van der Waals surface area contributed by atoms with E-state index < -0.39 is 10.8 Å².